The Bertz CT molecular complexity index is 1030. The third kappa shape index (κ3) is 3.38. The Morgan fingerprint density at radius 1 is 1.35 bits per heavy atom. The van der Waals surface area contributed by atoms with Crippen LogP contribution in [-0.4, -0.2) is 29.8 Å². The highest BCUT2D eigenvalue weighted by Crippen LogP contribution is 2.43. The second-order valence-electron chi connectivity index (χ2n) is 4.88. The van der Waals surface area contributed by atoms with Gasteiger partial charge in [0.1, 0.15) is 29.1 Å². The van der Waals surface area contributed by atoms with Crippen molar-refractivity contribution in [2.75, 3.05) is 19.5 Å². The lowest BCUT2D eigenvalue weighted by atomic mass is 9.95. The molecule has 2 aromatic rings. The number of anilines is 1. The molecule has 1 heterocycles. The highest BCUT2D eigenvalue weighted by molar-refractivity contribution is 6.31. The van der Waals surface area contributed by atoms with Gasteiger partial charge in [-0.25, -0.2) is 4.79 Å². The first kappa shape index (κ1) is 18.6. The second kappa shape index (κ2) is 7.47. The summed E-state index contributed by atoms with van der Waals surface area (Å²) in [4.78, 5) is 25.2. The Morgan fingerprint density at radius 3 is 2.54 bits per heavy atom. The van der Waals surface area contributed by atoms with Crippen LogP contribution in [0.4, 0.5) is 5.82 Å². The van der Waals surface area contributed by atoms with Crippen molar-refractivity contribution in [3.8, 4) is 34.8 Å². The van der Waals surface area contributed by atoms with Crippen molar-refractivity contribution < 1.29 is 19.4 Å². The second-order valence-corrected chi connectivity index (χ2v) is 5.32. The van der Waals surface area contributed by atoms with Gasteiger partial charge in [-0.15, -0.1) is 0 Å². The number of nitrogen functional groups attached to an aromatic ring is 1. The summed E-state index contributed by atoms with van der Waals surface area (Å²) in [6.07, 6.45) is 0. The van der Waals surface area contributed by atoms with E-state index in [0.29, 0.717) is 0 Å². The average molecular weight is 375 g/mol. The molecule has 2 rings (SSSR count). The number of aromatic nitrogens is 1. The number of carboxylic acid groups (broad SMARTS) is 1. The van der Waals surface area contributed by atoms with E-state index in [1.165, 1.54) is 19.2 Å². The highest BCUT2D eigenvalue weighted by Gasteiger charge is 2.24. The van der Waals surface area contributed by atoms with Crippen molar-refractivity contribution in [2.24, 2.45) is 0 Å². The van der Waals surface area contributed by atoms with Crippen LogP contribution in [0.15, 0.2) is 16.9 Å². The minimum atomic E-state index is -1.26. The molecule has 0 aliphatic rings. The third-order valence-electron chi connectivity index (χ3n) is 3.32. The molecule has 0 spiro atoms. The molecule has 0 amide bonds. The van der Waals surface area contributed by atoms with Gasteiger partial charge in [0.05, 0.1) is 7.11 Å². The maximum atomic E-state index is 12.1. The number of carboxylic acids is 1. The molecule has 0 atom stereocenters. The Morgan fingerprint density at radius 2 is 2.00 bits per heavy atom. The fourth-order valence-corrected chi connectivity index (χ4v) is 2.51. The first-order valence-corrected chi connectivity index (χ1v) is 7.30. The van der Waals surface area contributed by atoms with Crippen LogP contribution in [0.5, 0.6) is 11.5 Å². The van der Waals surface area contributed by atoms with Crippen LogP contribution >= 0.6 is 11.6 Å². The zero-order chi connectivity index (χ0) is 19.4. The molecule has 132 valence electrons. The number of hydrogen-bond donors (Lipinski definition) is 3. The summed E-state index contributed by atoms with van der Waals surface area (Å²) in [5.74, 6) is -1.56. The number of halogens is 1. The number of carbonyl (C=O) groups is 1. The number of methoxy groups -OCH3 is 1. The van der Waals surface area contributed by atoms with E-state index in [1.54, 1.807) is 6.07 Å². The minimum absolute atomic E-state index is 0.0292. The van der Waals surface area contributed by atoms with Gasteiger partial charge in [-0.2, -0.15) is 10.5 Å². The van der Waals surface area contributed by atoms with E-state index in [4.69, 9.17) is 31.9 Å². The molecule has 0 aliphatic carbocycles. The maximum Gasteiger partial charge on any atom is 0.341 e. The summed E-state index contributed by atoms with van der Waals surface area (Å²) in [6, 6.07) is 6.19. The highest BCUT2D eigenvalue weighted by atomic mass is 35.5. The number of aromatic amines is 1. The quantitative estimate of drug-likeness (QED) is 0.708. The lowest BCUT2D eigenvalue weighted by Gasteiger charge is -2.17. The minimum Gasteiger partial charge on any atom is -0.493 e. The number of nitriles is 2. The van der Waals surface area contributed by atoms with E-state index in [1.807, 2.05) is 6.07 Å². The largest absolute Gasteiger partial charge is 0.493 e. The first-order chi connectivity index (χ1) is 12.3. The van der Waals surface area contributed by atoms with Gasteiger partial charge >= 0.3 is 5.97 Å². The van der Waals surface area contributed by atoms with E-state index in [2.05, 4.69) is 4.98 Å². The molecule has 0 saturated carbocycles. The van der Waals surface area contributed by atoms with Crippen LogP contribution < -0.4 is 20.8 Å². The van der Waals surface area contributed by atoms with Crippen molar-refractivity contribution >= 4 is 23.4 Å². The fourth-order valence-electron chi connectivity index (χ4n) is 2.30. The number of nitrogens with two attached hydrogens (primary N) is 1. The van der Waals surface area contributed by atoms with Gasteiger partial charge in [-0.1, -0.05) is 11.6 Å². The normalized spacial score (nSPS) is 9.85. The molecule has 1 aromatic carbocycles. The number of ether oxygens (including phenoxy) is 2. The average Bonchev–Trinajstić information content (AvgIpc) is 2.59. The number of hydrogen-bond acceptors (Lipinski definition) is 7. The first-order valence-electron chi connectivity index (χ1n) is 6.92. The molecule has 0 saturated heterocycles. The monoisotopic (exact) mass is 374 g/mol. The molecule has 0 aliphatic heterocycles. The van der Waals surface area contributed by atoms with Crippen molar-refractivity contribution in [1.82, 2.24) is 4.98 Å². The van der Waals surface area contributed by atoms with E-state index >= 15 is 0 Å². The molecule has 1 aromatic heterocycles. The molecular formula is C16H11ClN4O5. The molecule has 4 N–H and O–H groups in total. The molecule has 26 heavy (non-hydrogen) atoms. The number of nitrogens with zero attached hydrogens (tertiary/aromatic N) is 2. The van der Waals surface area contributed by atoms with E-state index in [-0.39, 0.29) is 39.0 Å². The maximum absolute atomic E-state index is 12.1. The molecule has 9 nitrogen and oxygen atoms in total. The molecule has 0 bridgehead atoms. The number of nitrogens with one attached hydrogen (secondary N) is 1. The van der Waals surface area contributed by atoms with Gasteiger partial charge in [0.2, 0.25) is 0 Å². The summed E-state index contributed by atoms with van der Waals surface area (Å²) in [5, 5.41) is 27.8. The van der Waals surface area contributed by atoms with Gasteiger partial charge in [-0.3, -0.25) is 4.79 Å². The van der Waals surface area contributed by atoms with E-state index in [9.17, 15) is 20.1 Å². The lowest BCUT2D eigenvalue weighted by molar-refractivity contribution is -0.139. The van der Waals surface area contributed by atoms with Crippen molar-refractivity contribution in [3.05, 3.63) is 38.6 Å². The van der Waals surface area contributed by atoms with E-state index in [0.717, 1.165) is 0 Å². The molecular weight excluding hydrogens is 364 g/mol. The molecule has 0 fully saturated rings. The van der Waals surface area contributed by atoms with Gasteiger partial charge in [0, 0.05) is 22.2 Å². The summed E-state index contributed by atoms with van der Waals surface area (Å²) in [7, 11) is 1.30. The van der Waals surface area contributed by atoms with Crippen molar-refractivity contribution in [3.63, 3.8) is 0 Å². The zero-order valence-electron chi connectivity index (χ0n) is 13.3. The number of aliphatic carboxylic acids is 1. The Hall–Kier alpha value is -3.69. The SMILES string of the molecule is COc1cc(Cl)cc(-c2c(C#N)c(N)[nH]c(=O)c2C#N)c1OCC(=O)O. The van der Waals surface area contributed by atoms with Crippen LogP contribution in [0.2, 0.25) is 5.02 Å². The third-order valence-corrected chi connectivity index (χ3v) is 3.54. The fraction of sp³-hybridized carbons (Fsp3) is 0.125. The van der Waals surface area contributed by atoms with E-state index < -0.39 is 23.7 Å². The predicted octanol–water partition coefficient (Wildman–Crippen LogP) is 1.49. The lowest BCUT2D eigenvalue weighted by Crippen LogP contribution is -2.17. The Balaban J connectivity index is 2.95. The van der Waals surface area contributed by atoms with Gasteiger partial charge in [0.25, 0.3) is 5.56 Å². The number of pyridine rings is 1. The standard InChI is InChI=1S/C16H11ClN4O5/c1-25-11-3-7(17)2-8(14(11)26-6-12(22)23)13-9(4-18)15(20)21-16(24)10(13)5-19/h2-3H,6H2,1H3,(H,22,23)(H3,20,21,24). The Kier molecular flexibility index (Phi) is 5.36. The van der Waals surface area contributed by atoms with Crippen LogP contribution in [0.1, 0.15) is 11.1 Å². The summed E-state index contributed by atoms with van der Waals surface area (Å²) in [6.45, 7) is -0.729. The van der Waals surface area contributed by atoms with Crippen molar-refractivity contribution in [2.45, 2.75) is 0 Å². The van der Waals surface area contributed by atoms with Gasteiger partial charge in [-0.05, 0) is 6.07 Å². The van der Waals surface area contributed by atoms with Crippen LogP contribution in [0.25, 0.3) is 11.1 Å². The smallest absolute Gasteiger partial charge is 0.341 e. The van der Waals surface area contributed by atoms with Crippen LogP contribution in [0, 0.1) is 22.7 Å². The molecule has 10 heteroatoms. The number of benzene rings is 1. The summed E-state index contributed by atoms with van der Waals surface area (Å²) in [5.41, 5.74) is 4.18. The zero-order valence-corrected chi connectivity index (χ0v) is 14.0. The Labute approximate surface area is 151 Å². The van der Waals surface area contributed by atoms with Crippen LogP contribution in [-0.2, 0) is 4.79 Å². The summed E-state index contributed by atoms with van der Waals surface area (Å²) >= 11 is 6.05. The molecule has 0 radical (unpaired) electrons. The summed E-state index contributed by atoms with van der Waals surface area (Å²) < 4.78 is 10.4. The molecule has 0 unspecified atom stereocenters. The number of H-pyrrole nitrogens is 1. The van der Waals surface area contributed by atoms with Gasteiger partial charge in [0.15, 0.2) is 18.1 Å². The van der Waals surface area contributed by atoms with Gasteiger partial charge < -0.3 is 25.3 Å². The van der Waals surface area contributed by atoms with Crippen LogP contribution in [0.3, 0.4) is 0 Å². The predicted molar refractivity (Wildman–Crippen MR) is 91.0 cm³/mol. The number of rotatable bonds is 5. The topological polar surface area (TPSA) is 162 Å². The van der Waals surface area contributed by atoms with Crippen molar-refractivity contribution in [1.29, 1.82) is 10.5 Å².